The standard InChI is InChI=1S/C9H5ClF3NO.C2H6/c1-4-14-7-2-5(9(11,12)13)6(10)3-8(7)15-4;1-2/h2-3H,1H3;1-2H3. The lowest BCUT2D eigenvalue weighted by Crippen LogP contribution is -2.05. The minimum Gasteiger partial charge on any atom is -0.441 e. The van der Waals surface area contributed by atoms with Crippen molar-refractivity contribution in [3.8, 4) is 0 Å². The highest BCUT2D eigenvalue weighted by atomic mass is 35.5. The van der Waals surface area contributed by atoms with Crippen molar-refractivity contribution < 1.29 is 17.6 Å². The second kappa shape index (κ2) is 4.96. The highest BCUT2D eigenvalue weighted by molar-refractivity contribution is 6.32. The zero-order chi connectivity index (χ0) is 13.2. The van der Waals surface area contributed by atoms with Gasteiger partial charge >= 0.3 is 6.18 Å². The van der Waals surface area contributed by atoms with Crippen LogP contribution in [0.25, 0.3) is 11.1 Å². The SMILES string of the molecule is CC.Cc1nc2cc(C(F)(F)F)c(Cl)cc2o1. The summed E-state index contributed by atoms with van der Waals surface area (Å²) in [7, 11) is 0. The van der Waals surface area contributed by atoms with Gasteiger partial charge in [-0.3, -0.25) is 0 Å². The highest BCUT2D eigenvalue weighted by Crippen LogP contribution is 2.36. The van der Waals surface area contributed by atoms with E-state index in [1.54, 1.807) is 6.92 Å². The summed E-state index contributed by atoms with van der Waals surface area (Å²) >= 11 is 5.49. The van der Waals surface area contributed by atoms with Crippen molar-refractivity contribution in [2.75, 3.05) is 0 Å². The molecule has 0 fully saturated rings. The number of aromatic nitrogens is 1. The van der Waals surface area contributed by atoms with Gasteiger partial charge in [-0.15, -0.1) is 0 Å². The molecule has 1 aromatic carbocycles. The highest BCUT2D eigenvalue weighted by Gasteiger charge is 2.34. The Balaban J connectivity index is 0.000000686. The molecule has 1 heterocycles. The number of aryl methyl sites for hydroxylation is 1. The topological polar surface area (TPSA) is 26.0 Å². The molecule has 0 N–H and O–H groups in total. The number of oxazole rings is 1. The van der Waals surface area contributed by atoms with E-state index in [0.29, 0.717) is 5.89 Å². The number of alkyl halides is 3. The third-order valence-electron chi connectivity index (χ3n) is 1.89. The maximum atomic E-state index is 12.4. The van der Waals surface area contributed by atoms with Gasteiger partial charge in [-0.25, -0.2) is 4.98 Å². The molecule has 0 aliphatic carbocycles. The van der Waals surface area contributed by atoms with Crippen LogP contribution in [0.15, 0.2) is 16.5 Å². The lowest BCUT2D eigenvalue weighted by Gasteiger charge is -2.07. The fourth-order valence-electron chi connectivity index (χ4n) is 1.28. The first kappa shape index (κ1) is 13.8. The first-order valence-electron chi connectivity index (χ1n) is 5.02. The van der Waals surface area contributed by atoms with Crippen LogP contribution in [0.5, 0.6) is 0 Å². The summed E-state index contributed by atoms with van der Waals surface area (Å²) in [5.74, 6) is 0.306. The van der Waals surface area contributed by atoms with Gasteiger partial charge in [0.1, 0.15) is 5.52 Å². The summed E-state index contributed by atoms with van der Waals surface area (Å²) in [5.41, 5.74) is -0.486. The van der Waals surface area contributed by atoms with Gasteiger partial charge in [-0.2, -0.15) is 13.2 Å². The van der Waals surface area contributed by atoms with Gasteiger partial charge in [0.25, 0.3) is 0 Å². The molecule has 1 aromatic heterocycles. The number of hydrogen-bond acceptors (Lipinski definition) is 2. The third-order valence-corrected chi connectivity index (χ3v) is 2.20. The summed E-state index contributed by atoms with van der Waals surface area (Å²) in [4.78, 5) is 3.80. The molecule has 0 aliphatic heterocycles. The molecule has 0 aliphatic rings. The van der Waals surface area contributed by atoms with Gasteiger partial charge in [-0.1, -0.05) is 25.4 Å². The lowest BCUT2D eigenvalue weighted by molar-refractivity contribution is -0.137. The molecule has 2 aromatic rings. The van der Waals surface area contributed by atoms with E-state index in [9.17, 15) is 13.2 Å². The Bertz CT molecular complexity index is 519. The van der Waals surface area contributed by atoms with Crippen molar-refractivity contribution >= 4 is 22.7 Å². The fourth-order valence-corrected chi connectivity index (χ4v) is 1.54. The Morgan fingerprint density at radius 1 is 1.24 bits per heavy atom. The lowest BCUT2D eigenvalue weighted by atomic mass is 10.2. The van der Waals surface area contributed by atoms with Crippen LogP contribution in [-0.2, 0) is 6.18 Å². The van der Waals surface area contributed by atoms with E-state index in [-0.39, 0.29) is 16.1 Å². The van der Waals surface area contributed by atoms with Crippen LogP contribution in [0.4, 0.5) is 13.2 Å². The zero-order valence-electron chi connectivity index (χ0n) is 9.52. The predicted molar refractivity (Wildman–Crippen MR) is 60.1 cm³/mol. The molecule has 0 radical (unpaired) electrons. The van der Waals surface area contributed by atoms with Crippen LogP contribution in [-0.4, -0.2) is 4.98 Å². The minimum atomic E-state index is -4.47. The number of hydrogen-bond donors (Lipinski definition) is 0. The number of halogens is 4. The van der Waals surface area contributed by atoms with E-state index >= 15 is 0 Å². The first-order chi connectivity index (χ1) is 7.88. The number of nitrogens with zero attached hydrogens (tertiary/aromatic N) is 1. The second-order valence-corrected chi connectivity index (χ2v) is 3.44. The smallest absolute Gasteiger partial charge is 0.417 e. The van der Waals surface area contributed by atoms with Crippen LogP contribution in [0.2, 0.25) is 5.02 Å². The molecule has 0 spiro atoms. The van der Waals surface area contributed by atoms with Crippen LogP contribution in [0, 0.1) is 6.92 Å². The van der Waals surface area contributed by atoms with Crippen LogP contribution < -0.4 is 0 Å². The molecule has 0 unspecified atom stereocenters. The molecule has 0 bridgehead atoms. The summed E-state index contributed by atoms with van der Waals surface area (Å²) in [6.07, 6.45) is -4.47. The normalized spacial score (nSPS) is 11.2. The molecule has 94 valence electrons. The summed E-state index contributed by atoms with van der Waals surface area (Å²) in [5, 5.41) is -0.383. The maximum absolute atomic E-state index is 12.4. The van der Waals surface area contributed by atoms with E-state index in [2.05, 4.69) is 4.98 Å². The van der Waals surface area contributed by atoms with Gasteiger partial charge in [0.2, 0.25) is 0 Å². The average molecular weight is 266 g/mol. The van der Waals surface area contributed by atoms with Gasteiger partial charge in [0.15, 0.2) is 11.5 Å². The molecule has 6 heteroatoms. The van der Waals surface area contributed by atoms with E-state index in [0.717, 1.165) is 12.1 Å². The Kier molecular flexibility index (Phi) is 4.03. The summed E-state index contributed by atoms with van der Waals surface area (Å²) in [6.45, 7) is 5.56. The van der Waals surface area contributed by atoms with Crippen molar-refractivity contribution in [3.05, 3.63) is 28.6 Å². The van der Waals surface area contributed by atoms with Crippen LogP contribution >= 0.6 is 11.6 Å². The third kappa shape index (κ3) is 2.91. The van der Waals surface area contributed by atoms with Crippen molar-refractivity contribution in [2.45, 2.75) is 26.9 Å². The van der Waals surface area contributed by atoms with Gasteiger partial charge in [0, 0.05) is 13.0 Å². The van der Waals surface area contributed by atoms with E-state index in [1.807, 2.05) is 13.8 Å². The molecule has 0 amide bonds. The molecule has 2 nitrogen and oxygen atoms in total. The van der Waals surface area contributed by atoms with Crippen LogP contribution in [0.1, 0.15) is 25.3 Å². The Morgan fingerprint density at radius 2 is 1.82 bits per heavy atom. The van der Waals surface area contributed by atoms with E-state index in [1.165, 1.54) is 0 Å². The fraction of sp³-hybridized carbons (Fsp3) is 0.364. The first-order valence-corrected chi connectivity index (χ1v) is 5.39. The Hall–Kier alpha value is -1.23. The van der Waals surface area contributed by atoms with Crippen molar-refractivity contribution in [1.82, 2.24) is 4.98 Å². The monoisotopic (exact) mass is 265 g/mol. The van der Waals surface area contributed by atoms with Gasteiger partial charge in [-0.05, 0) is 6.07 Å². The Labute approximate surface area is 101 Å². The minimum absolute atomic E-state index is 0.157. The number of rotatable bonds is 0. The quantitative estimate of drug-likeness (QED) is 0.681. The van der Waals surface area contributed by atoms with Gasteiger partial charge in [0.05, 0.1) is 10.6 Å². The van der Waals surface area contributed by atoms with E-state index < -0.39 is 11.7 Å². The zero-order valence-corrected chi connectivity index (χ0v) is 10.3. The largest absolute Gasteiger partial charge is 0.441 e. The molecular weight excluding hydrogens is 255 g/mol. The molecular formula is C11H11ClF3NO. The maximum Gasteiger partial charge on any atom is 0.417 e. The van der Waals surface area contributed by atoms with Crippen LogP contribution in [0.3, 0.4) is 0 Å². The molecule has 2 rings (SSSR count). The molecule has 17 heavy (non-hydrogen) atoms. The molecule has 0 saturated carbocycles. The molecule has 0 saturated heterocycles. The second-order valence-electron chi connectivity index (χ2n) is 3.03. The Morgan fingerprint density at radius 3 is 2.35 bits per heavy atom. The number of benzene rings is 1. The van der Waals surface area contributed by atoms with Crippen molar-refractivity contribution in [3.63, 3.8) is 0 Å². The van der Waals surface area contributed by atoms with Crippen molar-refractivity contribution in [1.29, 1.82) is 0 Å². The molecule has 0 atom stereocenters. The summed E-state index contributed by atoms with van der Waals surface area (Å²) in [6, 6.07) is 2.01. The number of fused-ring (bicyclic) bond motifs is 1. The average Bonchev–Trinajstić information content (AvgIpc) is 2.57. The van der Waals surface area contributed by atoms with E-state index in [4.69, 9.17) is 16.0 Å². The van der Waals surface area contributed by atoms with Gasteiger partial charge < -0.3 is 4.42 Å². The van der Waals surface area contributed by atoms with Crippen molar-refractivity contribution in [2.24, 2.45) is 0 Å². The summed E-state index contributed by atoms with van der Waals surface area (Å²) < 4.78 is 42.4. The predicted octanol–water partition coefficient (Wildman–Crippen LogP) is 4.83.